The molecule has 1 aromatic carbocycles. The second-order valence-corrected chi connectivity index (χ2v) is 6.74. The van der Waals surface area contributed by atoms with E-state index >= 15 is 0 Å². The molecule has 0 aromatic heterocycles. The van der Waals surface area contributed by atoms with Crippen LogP contribution in [0.25, 0.3) is 0 Å². The Kier molecular flexibility index (Phi) is 5.90. The molecule has 0 spiro atoms. The molecule has 0 bridgehead atoms. The molecule has 1 aliphatic carbocycles. The summed E-state index contributed by atoms with van der Waals surface area (Å²) in [5.41, 5.74) is 4.25. The first-order chi connectivity index (χ1) is 9.19. The van der Waals surface area contributed by atoms with Crippen molar-refractivity contribution in [2.45, 2.75) is 58.5 Å². The van der Waals surface area contributed by atoms with Crippen molar-refractivity contribution in [2.24, 2.45) is 0 Å². The van der Waals surface area contributed by atoms with Gasteiger partial charge in [0.2, 0.25) is 0 Å². The molecule has 1 nitrogen and oxygen atoms in total. The standard InChI is InChI=1S/C17H26BrN/c1-14-10-15(2)12-16(11-14)13-19(9-8-18)17-6-4-3-5-7-17/h10-12,17H,3-9,13H2,1-2H3. The maximum absolute atomic E-state index is 3.62. The van der Waals surface area contributed by atoms with Crippen LogP contribution in [0.4, 0.5) is 0 Å². The minimum atomic E-state index is 0.798. The maximum Gasteiger partial charge on any atom is 0.0237 e. The average molecular weight is 324 g/mol. The molecule has 106 valence electrons. The van der Waals surface area contributed by atoms with E-state index in [-0.39, 0.29) is 0 Å². The molecule has 1 fully saturated rings. The van der Waals surface area contributed by atoms with Gasteiger partial charge in [-0.2, -0.15) is 0 Å². The van der Waals surface area contributed by atoms with Crippen LogP contribution >= 0.6 is 15.9 Å². The molecule has 0 aliphatic heterocycles. The Labute approximate surface area is 126 Å². The number of halogens is 1. The molecule has 0 heterocycles. The van der Waals surface area contributed by atoms with Gasteiger partial charge < -0.3 is 0 Å². The third-order valence-electron chi connectivity index (χ3n) is 4.13. The zero-order valence-electron chi connectivity index (χ0n) is 12.3. The van der Waals surface area contributed by atoms with E-state index in [0.717, 1.165) is 24.5 Å². The van der Waals surface area contributed by atoms with Crippen molar-refractivity contribution in [2.75, 3.05) is 11.9 Å². The molecule has 2 rings (SSSR count). The summed E-state index contributed by atoms with van der Waals surface area (Å²) >= 11 is 3.62. The first kappa shape index (κ1) is 15.1. The average Bonchev–Trinajstić information content (AvgIpc) is 2.38. The van der Waals surface area contributed by atoms with Gasteiger partial charge in [0.25, 0.3) is 0 Å². The van der Waals surface area contributed by atoms with Crippen molar-refractivity contribution in [1.29, 1.82) is 0 Å². The SMILES string of the molecule is Cc1cc(C)cc(CN(CCBr)C2CCCCC2)c1. The maximum atomic E-state index is 3.62. The van der Waals surface area contributed by atoms with Gasteiger partial charge in [0.1, 0.15) is 0 Å². The Hall–Kier alpha value is -0.340. The van der Waals surface area contributed by atoms with Crippen molar-refractivity contribution in [3.63, 3.8) is 0 Å². The summed E-state index contributed by atoms with van der Waals surface area (Å²) in [6, 6.07) is 7.75. The molecule has 1 saturated carbocycles. The molecular weight excluding hydrogens is 298 g/mol. The number of aryl methyl sites for hydroxylation is 2. The Balaban J connectivity index is 2.06. The van der Waals surface area contributed by atoms with E-state index in [2.05, 4.69) is 52.9 Å². The first-order valence-corrected chi connectivity index (χ1v) is 8.68. The van der Waals surface area contributed by atoms with E-state index < -0.39 is 0 Å². The van der Waals surface area contributed by atoms with Crippen LogP contribution in [0.2, 0.25) is 0 Å². The van der Waals surface area contributed by atoms with Crippen LogP contribution in [0.1, 0.15) is 48.8 Å². The number of hydrogen-bond acceptors (Lipinski definition) is 1. The van der Waals surface area contributed by atoms with E-state index in [0.29, 0.717) is 0 Å². The highest BCUT2D eigenvalue weighted by molar-refractivity contribution is 9.09. The summed E-state index contributed by atoms with van der Waals surface area (Å²) in [5.74, 6) is 0. The van der Waals surface area contributed by atoms with Crippen LogP contribution in [0.15, 0.2) is 18.2 Å². The van der Waals surface area contributed by atoms with E-state index in [9.17, 15) is 0 Å². The van der Waals surface area contributed by atoms with Crippen molar-refractivity contribution in [1.82, 2.24) is 4.90 Å². The van der Waals surface area contributed by atoms with Gasteiger partial charge >= 0.3 is 0 Å². The second-order valence-electron chi connectivity index (χ2n) is 5.95. The number of alkyl halides is 1. The largest absolute Gasteiger partial charge is 0.295 e. The van der Waals surface area contributed by atoms with Crippen LogP contribution in [-0.4, -0.2) is 22.8 Å². The van der Waals surface area contributed by atoms with Gasteiger partial charge in [0, 0.05) is 24.5 Å². The fourth-order valence-electron chi connectivity index (χ4n) is 3.34. The highest BCUT2D eigenvalue weighted by atomic mass is 79.9. The lowest BCUT2D eigenvalue weighted by Crippen LogP contribution is -2.37. The lowest BCUT2D eigenvalue weighted by molar-refractivity contribution is 0.158. The molecule has 0 radical (unpaired) electrons. The van der Waals surface area contributed by atoms with Crippen molar-refractivity contribution in [3.05, 3.63) is 34.9 Å². The lowest BCUT2D eigenvalue weighted by Gasteiger charge is -2.34. The summed E-state index contributed by atoms with van der Waals surface area (Å²) in [7, 11) is 0. The van der Waals surface area contributed by atoms with E-state index in [1.165, 1.54) is 48.8 Å². The number of hydrogen-bond donors (Lipinski definition) is 0. The fraction of sp³-hybridized carbons (Fsp3) is 0.647. The third kappa shape index (κ3) is 4.61. The Bertz CT molecular complexity index is 376. The normalized spacial score (nSPS) is 17.1. The van der Waals surface area contributed by atoms with E-state index in [4.69, 9.17) is 0 Å². The summed E-state index contributed by atoms with van der Waals surface area (Å²) in [5, 5.41) is 1.08. The Morgan fingerprint density at radius 2 is 1.68 bits per heavy atom. The zero-order chi connectivity index (χ0) is 13.7. The summed E-state index contributed by atoms with van der Waals surface area (Å²) < 4.78 is 0. The molecule has 0 atom stereocenters. The van der Waals surface area contributed by atoms with Crippen LogP contribution in [0.5, 0.6) is 0 Å². The second kappa shape index (κ2) is 7.44. The topological polar surface area (TPSA) is 3.24 Å². The lowest BCUT2D eigenvalue weighted by atomic mass is 9.93. The molecule has 2 heteroatoms. The predicted molar refractivity (Wildman–Crippen MR) is 87.0 cm³/mol. The van der Waals surface area contributed by atoms with Gasteiger partial charge in [-0.05, 0) is 32.3 Å². The Morgan fingerprint density at radius 1 is 1.05 bits per heavy atom. The first-order valence-electron chi connectivity index (χ1n) is 7.56. The summed E-state index contributed by atoms with van der Waals surface area (Å²) in [4.78, 5) is 2.68. The number of nitrogens with zero attached hydrogens (tertiary/aromatic N) is 1. The molecule has 1 aliphatic rings. The smallest absolute Gasteiger partial charge is 0.0237 e. The monoisotopic (exact) mass is 323 g/mol. The van der Waals surface area contributed by atoms with Crippen LogP contribution in [0, 0.1) is 13.8 Å². The summed E-state index contributed by atoms with van der Waals surface area (Å²) in [6.07, 6.45) is 7.03. The Morgan fingerprint density at radius 3 is 2.26 bits per heavy atom. The number of rotatable bonds is 5. The number of benzene rings is 1. The van der Waals surface area contributed by atoms with Crippen LogP contribution in [0.3, 0.4) is 0 Å². The van der Waals surface area contributed by atoms with Gasteiger partial charge in [-0.3, -0.25) is 4.90 Å². The van der Waals surface area contributed by atoms with Crippen LogP contribution < -0.4 is 0 Å². The van der Waals surface area contributed by atoms with Crippen LogP contribution in [-0.2, 0) is 6.54 Å². The van der Waals surface area contributed by atoms with Gasteiger partial charge in [0.15, 0.2) is 0 Å². The zero-order valence-corrected chi connectivity index (χ0v) is 13.9. The third-order valence-corrected chi connectivity index (χ3v) is 4.48. The molecule has 1 aromatic rings. The molecule has 19 heavy (non-hydrogen) atoms. The van der Waals surface area contributed by atoms with E-state index in [1.807, 2.05) is 0 Å². The fourth-order valence-corrected chi connectivity index (χ4v) is 3.80. The molecular formula is C17H26BrN. The quantitative estimate of drug-likeness (QED) is 0.701. The molecule has 0 N–H and O–H groups in total. The van der Waals surface area contributed by atoms with Gasteiger partial charge in [-0.1, -0.05) is 64.5 Å². The molecule has 0 unspecified atom stereocenters. The van der Waals surface area contributed by atoms with Crippen molar-refractivity contribution < 1.29 is 0 Å². The molecule has 0 saturated heterocycles. The predicted octanol–water partition coefficient (Wildman–Crippen LogP) is 4.83. The highest BCUT2D eigenvalue weighted by Gasteiger charge is 2.20. The van der Waals surface area contributed by atoms with E-state index in [1.54, 1.807) is 0 Å². The minimum absolute atomic E-state index is 0.798. The minimum Gasteiger partial charge on any atom is -0.295 e. The molecule has 0 amide bonds. The van der Waals surface area contributed by atoms with Crippen molar-refractivity contribution in [3.8, 4) is 0 Å². The highest BCUT2D eigenvalue weighted by Crippen LogP contribution is 2.24. The van der Waals surface area contributed by atoms with Gasteiger partial charge in [-0.15, -0.1) is 0 Å². The van der Waals surface area contributed by atoms with Gasteiger partial charge in [0.05, 0.1) is 0 Å². The van der Waals surface area contributed by atoms with Gasteiger partial charge in [-0.25, -0.2) is 0 Å². The van der Waals surface area contributed by atoms with Crippen molar-refractivity contribution >= 4 is 15.9 Å². The summed E-state index contributed by atoms with van der Waals surface area (Å²) in [6.45, 7) is 6.67.